The Morgan fingerprint density at radius 1 is 1.14 bits per heavy atom. The highest BCUT2D eigenvalue weighted by atomic mass is 19.3. The lowest BCUT2D eigenvalue weighted by Crippen LogP contribution is -2.23. The van der Waals surface area contributed by atoms with Crippen LogP contribution in [-0.4, -0.2) is 6.61 Å². The molecule has 0 amide bonds. The molecule has 0 radical (unpaired) electrons. The maximum atomic E-state index is 13.9. The minimum atomic E-state index is -3.19. The lowest BCUT2D eigenvalue weighted by atomic mass is 10.1. The predicted octanol–water partition coefficient (Wildman–Crippen LogP) is 4.02. The van der Waals surface area contributed by atoms with Gasteiger partial charge in [-0.3, -0.25) is 0 Å². The van der Waals surface area contributed by atoms with Gasteiger partial charge in [0.15, 0.2) is 18.2 Å². The highest BCUT2D eigenvalue weighted by molar-refractivity contribution is 5.31. The molecule has 0 bridgehead atoms. The summed E-state index contributed by atoms with van der Waals surface area (Å²) in [4.78, 5) is 0. The molecule has 0 unspecified atom stereocenters. The minimum absolute atomic E-state index is 0.169. The molecule has 2 N–H and O–H groups in total. The zero-order chi connectivity index (χ0) is 15.5. The van der Waals surface area contributed by atoms with Gasteiger partial charge in [-0.2, -0.15) is 8.78 Å². The Bertz CT molecular complexity index is 600. The third-order valence-electron chi connectivity index (χ3n) is 3.09. The third kappa shape index (κ3) is 3.76. The molecular weight excluding hydrogens is 279 g/mol. The number of hydrogen-bond acceptors (Lipinski definition) is 2. The van der Waals surface area contributed by atoms with Crippen LogP contribution in [0.5, 0.6) is 5.75 Å². The second-order valence-electron chi connectivity index (χ2n) is 4.84. The van der Waals surface area contributed by atoms with Crippen LogP contribution in [0.2, 0.25) is 0 Å². The van der Waals surface area contributed by atoms with Gasteiger partial charge in [-0.25, -0.2) is 4.39 Å². The number of alkyl halides is 2. The molecule has 0 saturated carbocycles. The molecule has 1 atom stereocenters. The first-order valence-electron chi connectivity index (χ1n) is 6.51. The molecule has 2 aromatic rings. The molecule has 112 valence electrons. The van der Waals surface area contributed by atoms with Crippen molar-refractivity contribution in [1.29, 1.82) is 0 Å². The Hall–Kier alpha value is -2.01. The standard InChI is InChI=1S/C16H16F3NO/c1-11(20)12-7-8-15(14(17)9-12)21-10-16(18,19)13-5-3-2-4-6-13/h2-9,11H,10,20H2,1H3/t11-/m1/s1. The molecule has 0 aliphatic heterocycles. The van der Waals surface area contributed by atoms with Crippen molar-refractivity contribution in [2.24, 2.45) is 5.73 Å². The second-order valence-corrected chi connectivity index (χ2v) is 4.84. The van der Waals surface area contributed by atoms with Crippen molar-refractivity contribution in [2.75, 3.05) is 6.61 Å². The molecule has 0 heterocycles. The largest absolute Gasteiger partial charge is 0.484 e. The van der Waals surface area contributed by atoms with Gasteiger partial charge in [0.25, 0.3) is 0 Å². The third-order valence-corrected chi connectivity index (χ3v) is 3.09. The molecular formula is C16H16F3NO. The van der Waals surface area contributed by atoms with Crippen molar-refractivity contribution in [1.82, 2.24) is 0 Å². The van der Waals surface area contributed by atoms with E-state index in [1.165, 1.54) is 36.4 Å². The summed E-state index contributed by atoms with van der Waals surface area (Å²) < 4.78 is 46.5. The molecule has 0 saturated heterocycles. The van der Waals surface area contributed by atoms with Gasteiger partial charge in [-0.15, -0.1) is 0 Å². The predicted molar refractivity (Wildman–Crippen MR) is 74.8 cm³/mol. The molecule has 0 aliphatic carbocycles. The van der Waals surface area contributed by atoms with Gasteiger partial charge >= 0.3 is 5.92 Å². The number of halogens is 3. The first-order chi connectivity index (χ1) is 9.90. The molecule has 0 aromatic heterocycles. The summed E-state index contributed by atoms with van der Waals surface area (Å²) in [7, 11) is 0. The smallest absolute Gasteiger partial charge is 0.306 e. The van der Waals surface area contributed by atoms with Crippen LogP contribution in [0.1, 0.15) is 24.1 Å². The Balaban J connectivity index is 2.09. The van der Waals surface area contributed by atoms with E-state index < -0.39 is 18.3 Å². The summed E-state index contributed by atoms with van der Waals surface area (Å²) in [5.41, 5.74) is 6.03. The van der Waals surface area contributed by atoms with Crippen molar-refractivity contribution in [3.8, 4) is 5.75 Å². The Morgan fingerprint density at radius 3 is 2.38 bits per heavy atom. The van der Waals surface area contributed by atoms with Gasteiger partial charge < -0.3 is 10.5 Å². The van der Waals surface area contributed by atoms with Crippen LogP contribution >= 0.6 is 0 Å². The normalized spacial score (nSPS) is 13.0. The van der Waals surface area contributed by atoms with E-state index in [9.17, 15) is 13.2 Å². The fourth-order valence-electron chi connectivity index (χ4n) is 1.85. The maximum absolute atomic E-state index is 13.9. The Kier molecular flexibility index (Phi) is 4.53. The van der Waals surface area contributed by atoms with Crippen molar-refractivity contribution in [3.63, 3.8) is 0 Å². The van der Waals surface area contributed by atoms with Gasteiger partial charge in [-0.05, 0) is 24.6 Å². The first kappa shape index (κ1) is 15.4. The number of rotatable bonds is 5. The van der Waals surface area contributed by atoms with E-state index in [1.54, 1.807) is 19.1 Å². The Morgan fingerprint density at radius 2 is 1.81 bits per heavy atom. The Labute approximate surface area is 121 Å². The van der Waals surface area contributed by atoms with Crippen LogP contribution in [0, 0.1) is 5.82 Å². The van der Waals surface area contributed by atoms with Crippen LogP contribution in [0.25, 0.3) is 0 Å². The van der Waals surface area contributed by atoms with Crippen LogP contribution in [0.15, 0.2) is 48.5 Å². The fraction of sp³-hybridized carbons (Fsp3) is 0.250. The summed E-state index contributed by atoms with van der Waals surface area (Å²) in [6.45, 7) is 0.782. The fourth-order valence-corrected chi connectivity index (χ4v) is 1.85. The van der Waals surface area contributed by atoms with E-state index >= 15 is 0 Å². The molecule has 5 heteroatoms. The highest BCUT2D eigenvalue weighted by Gasteiger charge is 2.32. The molecule has 0 spiro atoms. The summed E-state index contributed by atoms with van der Waals surface area (Å²) >= 11 is 0. The van der Waals surface area contributed by atoms with Crippen molar-refractivity contribution >= 4 is 0 Å². The van der Waals surface area contributed by atoms with Gasteiger partial charge in [-0.1, -0.05) is 36.4 Å². The number of ether oxygens (including phenoxy) is 1. The molecule has 0 aliphatic rings. The molecule has 2 nitrogen and oxygen atoms in total. The molecule has 2 rings (SSSR count). The van der Waals surface area contributed by atoms with Crippen molar-refractivity contribution in [2.45, 2.75) is 18.9 Å². The van der Waals surface area contributed by atoms with Gasteiger partial charge in [0.1, 0.15) is 0 Å². The summed E-state index contributed by atoms with van der Waals surface area (Å²) in [5, 5.41) is 0. The maximum Gasteiger partial charge on any atom is 0.306 e. The summed E-state index contributed by atoms with van der Waals surface area (Å²) in [6.07, 6.45) is 0. The van der Waals surface area contributed by atoms with E-state index in [1.807, 2.05) is 0 Å². The topological polar surface area (TPSA) is 35.2 Å². The van der Waals surface area contributed by atoms with Crippen molar-refractivity contribution < 1.29 is 17.9 Å². The van der Waals surface area contributed by atoms with Gasteiger partial charge in [0.2, 0.25) is 0 Å². The highest BCUT2D eigenvalue weighted by Crippen LogP contribution is 2.30. The van der Waals surface area contributed by atoms with Crippen LogP contribution in [0.3, 0.4) is 0 Å². The van der Waals surface area contributed by atoms with E-state index in [0.29, 0.717) is 5.56 Å². The monoisotopic (exact) mass is 295 g/mol. The lowest BCUT2D eigenvalue weighted by Gasteiger charge is -2.18. The van der Waals surface area contributed by atoms with E-state index in [0.717, 1.165) is 0 Å². The molecule has 0 fully saturated rings. The van der Waals surface area contributed by atoms with E-state index in [4.69, 9.17) is 10.5 Å². The zero-order valence-electron chi connectivity index (χ0n) is 11.5. The zero-order valence-corrected chi connectivity index (χ0v) is 11.5. The molecule has 2 aromatic carbocycles. The quantitative estimate of drug-likeness (QED) is 0.904. The number of hydrogen-bond donors (Lipinski definition) is 1. The van der Waals surface area contributed by atoms with Crippen LogP contribution in [-0.2, 0) is 5.92 Å². The lowest BCUT2D eigenvalue weighted by molar-refractivity contribution is -0.0475. The van der Waals surface area contributed by atoms with Gasteiger partial charge in [0, 0.05) is 11.6 Å². The molecule has 21 heavy (non-hydrogen) atoms. The SMILES string of the molecule is C[C@@H](N)c1ccc(OCC(F)(F)c2ccccc2)c(F)c1. The van der Waals surface area contributed by atoms with Gasteiger partial charge in [0.05, 0.1) is 0 Å². The van der Waals surface area contributed by atoms with Crippen LogP contribution < -0.4 is 10.5 Å². The number of benzene rings is 2. The summed E-state index contributed by atoms with van der Waals surface area (Å²) in [6, 6.07) is 11.0. The van der Waals surface area contributed by atoms with E-state index in [-0.39, 0.29) is 17.4 Å². The number of nitrogens with two attached hydrogens (primary N) is 1. The van der Waals surface area contributed by atoms with Crippen LogP contribution in [0.4, 0.5) is 13.2 Å². The first-order valence-corrected chi connectivity index (χ1v) is 6.51. The van der Waals surface area contributed by atoms with E-state index in [2.05, 4.69) is 0 Å². The average molecular weight is 295 g/mol. The van der Waals surface area contributed by atoms with Crippen molar-refractivity contribution in [3.05, 3.63) is 65.5 Å². The summed E-state index contributed by atoms with van der Waals surface area (Å²) in [5.74, 6) is -4.10. The average Bonchev–Trinajstić information content (AvgIpc) is 2.46. The second kappa shape index (κ2) is 6.18. The minimum Gasteiger partial charge on any atom is -0.484 e.